The van der Waals surface area contributed by atoms with Crippen LogP contribution >= 0.6 is 11.6 Å². The zero-order valence-electron chi connectivity index (χ0n) is 17.3. The summed E-state index contributed by atoms with van der Waals surface area (Å²) >= 11 is 5.77. The quantitative estimate of drug-likeness (QED) is 0.756. The lowest BCUT2D eigenvalue weighted by atomic mass is 9.96. The monoisotopic (exact) mass is 434 g/mol. The van der Waals surface area contributed by atoms with Crippen LogP contribution in [0.15, 0.2) is 18.2 Å². The van der Waals surface area contributed by atoms with Gasteiger partial charge in [-0.15, -0.1) is 0 Å². The normalized spacial score (nSPS) is 17.7. The number of nitrogens with one attached hydrogen (secondary N) is 1. The van der Waals surface area contributed by atoms with Crippen molar-refractivity contribution in [3.8, 4) is 0 Å². The molecule has 0 bridgehead atoms. The third-order valence-corrected chi connectivity index (χ3v) is 6.38. The van der Waals surface area contributed by atoms with Gasteiger partial charge in [-0.3, -0.25) is 14.4 Å². The number of carbonyl (C=O) groups is 1. The Kier molecular flexibility index (Phi) is 6.71. The van der Waals surface area contributed by atoms with Crippen LogP contribution in [0, 0.1) is 11.7 Å². The minimum absolute atomic E-state index is 0.0333. The predicted octanol–water partition coefficient (Wildman–Crippen LogP) is 3.41. The molecule has 0 unspecified atom stereocenters. The van der Waals surface area contributed by atoms with E-state index in [4.69, 9.17) is 21.4 Å². The summed E-state index contributed by atoms with van der Waals surface area (Å²) in [6.45, 7) is 7.91. The molecule has 0 radical (unpaired) electrons. The summed E-state index contributed by atoms with van der Waals surface area (Å²) in [4.78, 5) is 14.7. The maximum absolute atomic E-state index is 13.3. The molecule has 1 aromatic heterocycles. The Morgan fingerprint density at radius 1 is 1.37 bits per heavy atom. The van der Waals surface area contributed by atoms with Crippen LogP contribution in [-0.4, -0.2) is 46.8 Å². The van der Waals surface area contributed by atoms with E-state index in [0.29, 0.717) is 24.6 Å². The van der Waals surface area contributed by atoms with Crippen LogP contribution in [0.4, 0.5) is 4.39 Å². The molecule has 162 valence electrons. The number of likely N-dealkylation sites (tertiary alicyclic amines) is 1. The zero-order chi connectivity index (χ0) is 21.1. The van der Waals surface area contributed by atoms with Gasteiger partial charge >= 0.3 is 0 Å². The smallest absolute Gasteiger partial charge is 0.251 e. The van der Waals surface area contributed by atoms with E-state index in [1.165, 1.54) is 29.5 Å². The first-order valence-electron chi connectivity index (χ1n) is 10.7. The highest BCUT2D eigenvalue weighted by Crippen LogP contribution is 2.24. The molecule has 0 saturated carbocycles. The summed E-state index contributed by atoms with van der Waals surface area (Å²) in [6.07, 6.45) is 2.99. The van der Waals surface area contributed by atoms with Gasteiger partial charge in [0.1, 0.15) is 5.82 Å². The molecule has 1 saturated heterocycles. The van der Waals surface area contributed by atoms with Crippen LogP contribution in [-0.2, 0) is 30.9 Å². The molecule has 1 amide bonds. The molecule has 0 aliphatic carbocycles. The van der Waals surface area contributed by atoms with Crippen molar-refractivity contribution >= 4 is 17.5 Å². The third kappa shape index (κ3) is 4.68. The number of fused-ring (bicyclic) bond motifs is 1. The van der Waals surface area contributed by atoms with Gasteiger partial charge in [0, 0.05) is 42.9 Å². The Balaban J connectivity index is 1.27. The predicted molar refractivity (Wildman–Crippen MR) is 113 cm³/mol. The van der Waals surface area contributed by atoms with E-state index in [2.05, 4.69) is 21.8 Å². The fourth-order valence-corrected chi connectivity index (χ4v) is 4.48. The number of aromatic nitrogens is 2. The molecule has 6 nitrogen and oxygen atoms in total. The van der Waals surface area contributed by atoms with E-state index in [-0.39, 0.29) is 10.9 Å². The summed E-state index contributed by atoms with van der Waals surface area (Å²) in [7, 11) is 0. The molecule has 3 heterocycles. The van der Waals surface area contributed by atoms with Crippen molar-refractivity contribution in [3.05, 3.63) is 51.6 Å². The van der Waals surface area contributed by atoms with E-state index < -0.39 is 5.82 Å². The van der Waals surface area contributed by atoms with E-state index in [9.17, 15) is 9.18 Å². The number of benzene rings is 1. The first-order chi connectivity index (χ1) is 14.5. The average Bonchev–Trinajstić information content (AvgIpc) is 3.12. The summed E-state index contributed by atoms with van der Waals surface area (Å²) < 4.78 is 21.1. The zero-order valence-corrected chi connectivity index (χ0v) is 18.1. The summed E-state index contributed by atoms with van der Waals surface area (Å²) in [5.74, 6) is -0.292. The Morgan fingerprint density at radius 3 is 2.90 bits per heavy atom. The number of aryl methyl sites for hydroxylation is 1. The van der Waals surface area contributed by atoms with E-state index in [1.807, 2.05) is 0 Å². The number of halogens is 2. The molecule has 1 aromatic carbocycles. The summed E-state index contributed by atoms with van der Waals surface area (Å²) in [5, 5.41) is 7.76. The standard InChI is InChI=1S/C22H28ClFN4O2/c1-2-28-21-7-10-30-14-17(21)20(26-28)13-27-8-5-15(6-9-27)12-25-22(29)16-3-4-19(24)18(23)11-16/h3-4,11,15H,2,5-10,12-14H2,1H3,(H,25,29). The Labute approximate surface area is 181 Å². The number of nitrogens with zero attached hydrogens (tertiary/aromatic N) is 3. The van der Waals surface area contributed by atoms with E-state index >= 15 is 0 Å². The molecule has 2 aliphatic rings. The largest absolute Gasteiger partial charge is 0.376 e. The molecule has 0 spiro atoms. The van der Waals surface area contributed by atoms with Crippen molar-refractivity contribution in [1.29, 1.82) is 0 Å². The Morgan fingerprint density at radius 2 is 2.17 bits per heavy atom. The van der Waals surface area contributed by atoms with Crippen LogP contribution in [0.3, 0.4) is 0 Å². The molecule has 0 atom stereocenters. The molecule has 8 heteroatoms. The first-order valence-corrected chi connectivity index (χ1v) is 11.0. The highest BCUT2D eigenvalue weighted by Gasteiger charge is 2.25. The lowest BCUT2D eigenvalue weighted by molar-refractivity contribution is 0.0934. The van der Waals surface area contributed by atoms with Crippen LogP contribution < -0.4 is 5.32 Å². The lowest BCUT2D eigenvalue weighted by Gasteiger charge is -2.31. The number of hydrogen-bond acceptors (Lipinski definition) is 4. The fourth-order valence-electron chi connectivity index (χ4n) is 4.30. The molecule has 1 N–H and O–H groups in total. The number of hydrogen-bond donors (Lipinski definition) is 1. The maximum atomic E-state index is 13.3. The van der Waals surface area contributed by atoms with Crippen molar-refractivity contribution < 1.29 is 13.9 Å². The molecular weight excluding hydrogens is 407 g/mol. The fraction of sp³-hybridized carbons (Fsp3) is 0.545. The number of amides is 1. The van der Waals surface area contributed by atoms with Gasteiger partial charge in [0.05, 0.1) is 23.9 Å². The number of ether oxygens (including phenoxy) is 1. The number of rotatable bonds is 6. The highest BCUT2D eigenvalue weighted by atomic mass is 35.5. The van der Waals surface area contributed by atoms with Crippen LogP contribution in [0.1, 0.15) is 47.1 Å². The van der Waals surface area contributed by atoms with Crippen molar-refractivity contribution in [2.45, 2.75) is 45.9 Å². The van der Waals surface area contributed by atoms with Crippen molar-refractivity contribution in [2.24, 2.45) is 5.92 Å². The SMILES string of the molecule is CCn1nc(CN2CCC(CNC(=O)c3ccc(F)c(Cl)c3)CC2)c2c1CCOC2. The summed E-state index contributed by atoms with van der Waals surface area (Å²) in [5.41, 5.74) is 4.14. The maximum Gasteiger partial charge on any atom is 0.251 e. The third-order valence-electron chi connectivity index (χ3n) is 6.09. The number of carbonyl (C=O) groups excluding carboxylic acids is 1. The topological polar surface area (TPSA) is 59.4 Å². The van der Waals surface area contributed by atoms with Crippen molar-refractivity contribution in [1.82, 2.24) is 20.0 Å². The first kappa shape index (κ1) is 21.3. The van der Waals surface area contributed by atoms with Gasteiger partial charge in [-0.05, 0) is 57.0 Å². The second-order valence-corrected chi connectivity index (χ2v) is 8.46. The van der Waals surface area contributed by atoms with Gasteiger partial charge in [0.2, 0.25) is 0 Å². The van der Waals surface area contributed by atoms with Crippen molar-refractivity contribution in [2.75, 3.05) is 26.2 Å². The van der Waals surface area contributed by atoms with E-state index in [0.717, 1.165) is 57.7 Å². The molecule has 4 rings (SSSR count). The minimum atomic E-state index is -0.516. The molecule has 30 heavy (non-hydrogen) atoms. The van der Waals surface area contributed by atoms with Gasteiger partial charge in [-0.1, -0.05) is 11.6 Å². The number of piperidine rings is 1. The Bertz CT molecular complexity index is 909. The van der Waals surface area contributed by atoms with Gasteiger partial charge < -0.3 is 10.1 Å². The van der Waals surface area contributed by atoms with Crippen LogP contribution in [0.5, 0.6) is 0 Å². The molecule has 2 aliphatic heterocycles. The molecular formula is C22H28ClFN4O2. The average molecular weight is 435 g/mol. The van der Waals surface area contributed by atoms with Gasteiger partial charge in [0.25, 0.3) is 5.91 Å². The van der Waals surface area contributed by atoms with Gasteiger partial charge in [0.15, 0.2) is 0 Å². The second kappa shape index (κ2) is 9.45. The highest BCUT2D eigenvalue weighted by molar-refractivity contribution is 6.31. The molecule has 1 fully saturated rings. The van der Waals surface area contributed by atoms with Gasteiger partial charge in [-0.25, -0.2) is 4.39 Å². The van der Waals surface area contributed by atoms with Gasteiger partial charge in [-0.2, -0.15) is 5.10 Å². The minimum Gasteiger partial charge on any atom is -0.376 e. The van der Waals surface area contributed by atoms with Crippen molar-refractivity contribution in [3.63, 3.8) is 0 Å². The van der Waals surface area contributed by atoms with Crippen LogP contribution in [0.2, 0.25) is 5.02 Å². The Hall–Kier alpha value is -1.96. The second-order valence-electron chi connectivity index (χ2n) is 8.05. The summed E-state index contributed by atoms with van der Waals surface area (Å²) in [6, 6.07) is 4.05. The molecule has 2 aromatic rings. The van der Waals surface area contributed by atoms with Crippen LogP contribution in [0.25, 0.3) is 0 Å². The lowest BCUT2D eigenvalue weighted by Crippen LogP contribution is -2.38. The van der Waals surface area contributed by atoms with E-state index in [1.54, 1.807) is 0 Å².